The number of anilines is 1. The van der Waals surface area contributed by atoms with Gasteiger partial charge >= 0.3 is 5.97 Å². The highest BCUT2D eigenvalue weighted by Crippen LogP contribution is 2.36. The molecular formula is C24H28FN5O4. The van der Waals surface area contributed by atoms with Gasteiger partial charge in [-0.05, 0) is 50.7 Å². The standard InChI is InChI=1S/C24H28FN5O4/c1-15-17(13-26-14-28-15)21(31)29-24(8-9-24)23(33)27-12-16-6-10-30(11-7-16)19-5-3-4-18(25)20(19)22(32)34-2/h3-5,13-14,16H,6-12H2,1-2H3,(H,27,33)(H,29,31). The largest absolute Gasteiger partial charge is 0.465 e. The van der Waals surface area contributed by atoms with E-state index in [2.05, 4.69) is 20.6 Å². The second kappa shape index (κ2) is 9.74. The second-order valence-corrected chi connectivity index (χ2v) is 8.82. The van der Waals surface area contributed by atoms with Gasteiger partial charge in [-0.15, -0.1) is 0 Å². The number of aryl methyl sites for hydroxylation is 1. The van der Waals surface area contributed by atoms with Gasteiger partial charge in [0.1, 0.15) is 23.2 Å². The molecule has 1 aliphatic heterocycles. The van der Waals surface area contributed by atoms with E-state index < -0.39 is 17.3 Å². The molecule has 2 fully saturated rings. The number of ether oxygens (including phenoxy) is 1. The summed E-state index contributed by atoms with van der Waals surface area (Å²) in [5.74, 6) is -1.60. The molecule has 1 aliphatic carbocycles. The summed E-state index contributed by atoms with van der Waals surface area (Å²) in [6.07, 6.45) is 5.55. The molecule has 34 heavy (non-hydrogen) atoms. The molecule has 1 aromatic heterocycles. The SMILES string of the molecule is COC(=O)c1c(F)cccc1N1CCC(CNC(=O)C2(NC(=O)c3cncnc3C)CC2)CC1. The van der Waals surface area contributed by atoms with Crippen molar-refractivity contribution in [3.63, 3.8) is 0 Å². The van der Waals surface area contributed by atoms with Crippen LogP contribution in [0.2, 0.25) is 0 Å². The summed E-state index contributed by atoms with van der Waals surface area (Å²) in [4.78, 5) is 47.4. The van der Waals surface area contributed by atoms with Crippen molar-refractivity contribution in [1.82, 2.24) is 20.6 Å². The molecule has 0 atom stereocenters. The van der Waals surface area contributed by atoms with Crippen molar-refractivity contribution in [3.05, 3.63) is 53.4 Å². The molecule has 1 saturated carbocycles. The highest BCUT2D eigenvalue weighted by molar-refractivity contribution is 6.01. The summed E-state index contributed by atoms with van der Waals surface area (Å²) in [7, 11) is 1.23. The zero-order valence-corrected chi connectivity index (χ0v) is 19.3. The van der Waals surface area contributed by atoms with E-state index in [0.717, 1.165) is 12.8 Å². The zero-order chi connectivity index (χ0) is 24.3. The van der Waals surface area contributed by atoms with E-state index in [1.54, 1.807) is 19.1 Å². The lowest BCUT2D eigenvalue weighted by Crippen LogP contribution is -2.50. The van der Waals surface area contributed by atoms with Gasteiger partial charge in [0.25, 0.3) is 5.91 Å². The lowest BCUT2D eigenvalue weighted by atomic mass is 9.95. The molecule has 9 nitrogen and oxygen atoms in total. The third-order valence-electron chi connectivity index (χ3n) is 6.58. The van der Waals surface area contributed by atoms with Crippen molar-refractivity contribution in [2.45, 2.75) is 38.1 Å². The number of aromatic nitrogens is 2. The average molecular weight is 470 g/mol. The fourth-order valence-electron chi connectivity index (χ4n) is 4.30. The molecule has 2 heterocycles. The Kier molecular flexibility index (Phi) is 6.76. The Morgan fingerprint density at radius 1 is 1.24 bits per heavy atom. The fraction of sp³-hybridized carbons (Fsp3) is 0.458. The van der Waals surface area contributed by atoms with Gasteiger partial charge in [-0.1, -0.05) is 6.07 Å². The van der Waals surface area contributed by atoms with Gasteiger partial charge in [0.05, 0.1) is 24.1 Å². The molecule has 180 valence electrons. The van der Waals surface area contributed by atoms with Gasteiger partial charge in [0.2, 0.25) is 5.91 Å². The van der Waals surface area contributed by atoms with Gasteiger partial charge in [-0.3, -0.25) is 9.59 Å². The fourth-order valence-corrected chi connectivity index (χ4v) is 4.30. The van der Waals surface area contributed by atoms with E-state index in [9.17, 15) is 18.8 Å². The van der Waals surface area contributed by atoms with Crippen LogP contribution in [0.15, 0.2) is 30.7 Å². The van der Waals surface area contributed by atoms with Gasteiger partial charge in [0, 0.05) is 25.8 Å². The summed E-state index contributed by atoms with van der Waals surface area (Å²) >= 11 is 0. The number of amides is 2. The molecule has 1 aromatic carbocycles. The van der Waals surface area contributed by atoms with Crippen molar-refractivity contribution in [3.8, 4) is 0 Å². The molecular weight excluding hydrogens is 441 g/mol. The summed E-state index contributed by atoms with van der Waals surface area (Å²) in [5, 5.41) is 5.84. The molecule has 2 amide bonds. The highest BCUT2D eigenvalue weighted by Gasteiger charge is 2.51. The Balaban J connectivity index is 1.30. The summed E-state index contributed by atoms with van der Waals surface area (Å²) < 4.78 is 19.0. The molecule has 2 N–H and O–H groups in total. The molecule has 0 spiro atoms. The van der Waals surface area contributed by atoms with Crippen molar-refractivity contribution in [2.24, 2.45) is 5.92 Å². The van der Waals surface area contributed by atoms with Crippen LogP contribution in [0.1, 0.15) is 52.1 Å². The van der Waals surface area contributed by atoms with Crippen molar-refractivity contribution in [1.29, 1.82) is 0 Å². The first-order chi connectivity index (χ1) is 16.3. The summed E-state index contributed by atoms with van der Waals surface area (Å²) in [6, 6.07) is 4.54. The van der Waals surface area contributed by atoms with Crippen LogP contribution >= 0.6 is 0 Å². The van der Waals surface area contributed by atoms with Crippen LogP contribution in [0, 0.1) is 18.7 Å². The molecule has 0 bridgehead atoms. The normalized spacial score (nSPS) is 17.1. The summed E-state index contributed by atoms with van der Waals surface area (Å²) in [6.45, 7) is 3.47. The molecule has 0 unspecified atom stereocenters. The van der Waals surface area contributed by atoms with Crippen molar-refractivity contribution in [2.75, 3.05) is 31.6 Å². The number of piperidine rings is 1. The topological polar surface area (TPSA) is 114 Å². The second-order valence-electron chi connectivity index (χ2n) is 8.82. The van der Waals surface area contributed by atoms with E-state index >= 15 is 0 Å². The lowest BCUT2D eigenvalue weighted by molar-refractivity contribution is -0.124. The number of methoxy groups -OCH3 is 1. The number of rotatable bonds is 7. The van der Waals surface area contributed by atoms with Gasteiger partial charge in [-0.2, -0.15) is 0 Å². The van der Waals surface area contributed by atoms with Crippen molar-refractivity contribution < 1.29 is 23.5 Å². The zero-order valence-electron chi connectivity index (χ0n) is 19.3. The van der Waals surface area contributed by atoms with E-state index in [-0.39, 0.29) is 23.3 Å². The third-order valence-corrected chi connectivity index (χ3v) is 6.58. The monoisotopic (exact) mass is 469 g/mol. The first kappa shape index (κ1) is 23.6. The molecule has 0 radical (unpaired) electrons. The molecule has 2 aromatic rings. The maximum absolute atomic E-state index is 14.3. The predicted molar refractivity (Wildman–Crippen MR) is 122 cm³/mol. The summed E-state index contributed by atoms with van der Waals surface area (Å²) in [5.41, 5.74) is 0.509. The third kappa shape index (κ3) is 4.85. The molecule has 10 heteroatoms. The Bertz CT molecular complexity index is 1100. The van der Waals surface area contributed by atoms with Crippen LogP contribution in [0.3, 0.4) is 0 Å². The van der Waals surface area contributed by atoms with Crippen LogP contribution < -0.4 is 15.5 Å². The number of benzene rings is 1. The average Bonchev–Trinajstić information content (AvgIpc) is 3.63. The first-order valence-electron chi connectivity index (χ1n) is 11.3. The number of esters is 1. The Hall–Kier alpha value is -3.56. The minimum Gasteiger partial charge on any atom is -0.465 e. The number of carbonyl (C=O) groups excluding carboxylic acids is 3. The maximum atomic E-state index is 14.3. The van der Waals surface area contributed by atoms with Crippen LogP contribution in [0.4, 0.5) is 10.1 Å². The minimum atomic E-state index is -0.878. The van der Waals surface area contributed by atoms with E-state index in [1.807, 2.05) is 4.90 Å². The number of hydrogen-bond donors (Lipinski definition) is 2. The smallest absolute Gasteiger partial charge is 0.342 e. The number of halogens is 1. The van der Waals surface area contributed by atoms with Crippen molar-refractivity contribution >= 4 is 23.5 Å². The van der Waals surface area contributed by atoms with Gasteiger partial charge < -0.3 is 20.3 Å². The van der Waals surface area contributed by atoms with Crippen LogP contribution in [0.5, 0.6) is 0 Å². The lowest BCUT2D eigenvalue weighted by Gasteiger charge is -2.34. The molecule has 4 rings (SSSR count). The van der Waals surface area contributed by atoms with Crippen LogP contribution in [-0.2, 0) is 9.53 Å². The van der Waals surface area contributed by atoms with E-state index in [1.165, 1.54) is 25.7 Å². The Morgan fingerprint density at radius 3 is 2.62 bits per heavy atom. The van der Waals surface area contributed by atoms with Crippen LogP contribution in [0.25, 0.3) is 0 Å². The van der Waals surface area contributed by atoms with E-state index in [0.29, 0.717) is 49.4 Å². The Morgan fingerprint density at radius 2 is 1.97 bits per heavy atom. The molecule has 1 saturated heterocycles. The van der Waals surface area contributed by atoms with Gasteiger partial charge in [0.15, 0.2) is 0 Å². The quantitative estimate of drug-likeness (QED) is 0.597. The number of nitrogens with zero attached hydrogens (tertiary/aromatic N) is 3. The number of hydrogen-bond acceptors (Lipinski definition) is 7. The van der Waals surface area contributed by atoms with Gasteiger partial charge in [-0.25, -0.2) is 19.2 Å². The first-order valence-corrected chi connectivity index (χ1v) is 11.3. The number of nitrogens with one attached hydrogen (secondary N) is 2. The molecule has 2 aliphatic rings. The highest BCUT2D eigenvalue weighted by atomic mass is 19.1. The predicted octanol–water partition coefficient (Wildman–Crippen LogP) is 2.01. The Labute approximate surface area is 197 Å². The minimum absolute atomic E-state index is 0.0535. The number of carbonyl (C=O) groups is 3. The maximum Gasteiger partial charge on any atom is 0.342 e. The van der Waals surface area contributed by atoms with E-state index in [4.69, 9.17) is 4.74 Å². The van der Waals surface area contributed by atoms with Crippen LogP contribution in [-0.4, -0.2) is 60.0 Å².